The third kappa shape index (κ3) is 3.98. The molecule has 0 aliphatic carbocycles. The normalized spacial score (nSPS) is 14.6. The van der Waals surface area contributed by atoms with Crippen LogP contribution in [0.4, 0.5) is 4.39 Å². The number of hydrogen-bond acceptors (Lipinski definition) is 6. The van der Waals surface area contributed by atoms with Gasteiger partial charge in [-0.05, 0) is 49.2 Å². The first-order chi connectivity index (χ1) is 14.6. The smallest absolute Gasteiger partial charge is 0.257 e. The Balaban J connectivity index is 1.42. The SMILES string of the molecule is COc1ccc(C(=O)N2CCC(c3nnc(-c4ccc(F)cc4)o3)CC2)c(OC)c1. The van der Waals surface area contributed by atoms with Gasteiger partial charge in [-0.3, -0.25) is 4.79 Å². The van der Waals surface area contributed by atoms with Crippen LogP contribution >= 0.6 is 0 Å². The van der Waals surface area contributed by atoms with Crippen LogP contribution in [0.15, 0.2) is 46.9 Å². The number of rotatable bonds is 5. The Labute approximate surface area is 173 Å². The van der Waals surface area contributed by atoms with E-state index in [1.807, 2.05) is 0 Å². The van der Waals surface area contributed by atoms with Crippen LogP contribution in [0.2, 0.25) is 0 Å². The number of halogens is 1. The van der Waals surface area contributed by atoms with Crippen LogP contribution in [0.25, 0.3) is 11.5 Å². The number of hydrogen-bond donors (Lipinski definition) is 0. The number of carbonyl (C=O) groups excluding carboxylic acids is 1. The van der Waals surface area contributed by atoms with E-state index in [-0.39, 0.29) is 17.6 Å². The molecule has 0 N–H and O–H groups in total. The van der Waals surface area contributed by atoms with Crippen molar-refractivity contribution in [1.29, 1.82) is 0 Å². The summed E-state index contributed by atoms with van der Waals surface area (Å²) in [6.45, 7) is 1.15. The topological polar surface area (TPSA) is 77.7 Å². The molecular formula is C22H22FN3O4. The number of amides is 1. The van der Waals surface area contributed by atoms with Gasteiger partial charge in [-0.25, -0.2) is 4.39 Å². The van der Waals surface area contributed by atoms with Gasteiger partial charge in [0.1, 0.15) is 17.3 Å². The van der Waals surface area contributed by atoms with E-state index in [0.717, 1.165) is 12.8 Å². The average molecular weight is 411 g/mol. The molecule has 3 aromatic rings. The highest BCUT2D eigenvalue weighted by Gasteiger charge is 2.29. The van der Waals surface area contributed by atoms with E-state index in [9.17, 15) is 9.18 Å². The maximum atomic E-state index is 13.1. The summed E-state index contributed by atoms with van der Waals surface area (Å²) < 4.78 is 29.5. The maximum absolute atomic E-state index is 13.1. The molecule has 1 aliphatic heterocycles. The third-order valence-electron chi connectivity index (χ3n) is 5.30. The monoisotopic (exact) mass is 411 g/mol. The first-order valence-electron chi connectivity index (χ1n) is 9.69. The molecule has 1 aromatic heterocycles. The molecule has 156 valence electrons. The van der Waals surface area contributed by atoms with Gasteiger partial charge < -0.3 is 18.8 Å². The van der Waals surface area contributed by atoms with Crippen LogP contribution < -0.4 is 9.47 Å². The van der Waals surface area contributed by atoms with Gasteiger partial charge in [0.2, 0.25) is 11.8 Å². The number of benzene rings is 2. The van der Waals surface area contributed by atoms with Crippen molar-refractivity contribution in [3.8, 4) is 23.0 Å². The number of piperidine rings is 1. The highest BCUT2D eigenvalue weighted by atomic mass is 19.1. The van der Waals surface area contributed by atoms with E-state index in [4.69, 9.17) is 13.9 Å². The van der Waals surface area contributed by atoms with E-state index >= 15 is 0 Å². The quantitative estimate of drug-likeness (QED) is 0.633. The molecule has 0 bridgehead atoms. The molecule has 0 saturated carbocycles. The summed E-state index contributed by atoms with van der Waals surface area (Å²) in [6.07, 6.45) is 1.44. The molecule has 1 aliphatic rings. The lowest BCUT2D eigenvalue weighted by molar-refractivity contribution is 0.0703. The molecule has 1 fully saturated rings. The van der Waals surface area contributed by atoms with Gasteiger partial charge in [-0.1, -0.05) is 0 Å². The molecule has 8 heteroatoms. The summed E-state index contributed by atoms with van der Waals surface area (Å²) in [6, 6.07) is 11.1. The summed E-state index contributed by atoms with van der Waals surface area (Å²) in [5.41, 5.74) is 1.18. The van der Waals surface area contributed by atoms with Crippen molar-refractivity contribution in [2.24, 2.45) is 0 Å². The molecule has 0 radical (unpaired) electrons. The Morgan fingerprint density at radius 3 is 2.47 bits per heavy atom. The van der Waals surface area contributed by atoms with Crippen LogP contribution in [-0.2, 0) is 0 Å². The van der Waals surface area contributed by atoms with Gasteiger partial charge in [-0.15, -0.1) is 10.2 Å². The lowest BCUT2D eigenvalue weighted by atomic mass is 9.96. The van der Waals surface area contributed by atoms with Crippen LogP contribution in [0, 0.1) is 5.82 Å². The minimum absolute atomic E-state index is 0.0773. The second-order valence-electron chi connectivity index (χ2n) is 7.09. The molecule has 4 rings (SSSR count). The van der Waals surface area contributed by atoms with Crippen LogP contribution in [0.1, 0.15) is 35.0 Å². The summed E-state index contributed by atoms with van der Waals surface area (Å²) in [4.78, 5) is 14.8. The predicted octanol–water partition coefficient (Wildman–Crippen LogP) is 3.91. The zero-order valence-electron chi connectivity index (χ0n) is 16.8. The minimum Gasteiger partial charge on any atom is -0.497 e. The number of aromatic nitrogens is 2. The first kappa shape index (κ1) is 19.9. The Kier molecular flexibility index (Phi) is 5.65. The molecule has 7 nitrogen and oxygen atoms in total. The Hall–Kier alpha value is -3.42. The van der Waals surface area contributed by atoms with Crippen LogP contribution in [0.5, 0.6) is 11.5 Å². The Morgan fingerprint density at radius 1 is 1.07 bits per heavy atom. The van der Waals surface area contributed by atoms with Gasteiger partial charge in [0.15, 0.2) is 0 Å². The van der Waals surface area contributed by atoms with Crippen molar-refractivity contribution in [2.75, 3.05) is 27.3 Å². The van der Waals surface area contributed by atoms with Gasteiger partial charge in [0.05, 0.1) is 19.8 Å². The summed E-state index contributed by atoms with van der Waals surface area (Å²) in [5.74, 6) is 1.72. The molecule has 2 heterocycles. The summed E-state index contributed by atoms with van der Waals surface area (Å²) in [7, 11) is 3.10. The van der Waals surface area contributed by atoms with Crippen molar-refractivity contribution >= 4 is 5.91 Å². The van der Waals surface area contributed by atoms with Crippen LogP contribution in [0.3, 0.4) is 0 Å². The predicted molar refractivity (Wildman–Crippen MR) is 107 cm³/mol. The van der Waals surface area contributed by atoms with Crippen molar-refractivity contribution in [3.05, 3.63) is 59.7 Å². The van der Waals surface area contributed by atoms with Gasteiger partial charge in [0, 0.05) is 30.6 Å². The standard InChI is InChI=1S/C22H22FN3O4/c1-28-17-7-8-18(19(13-17)29-2)22(27)26-11-9-15(10-12-26)21-25-24-20(30-21)14-3-5-16(23)6-4-14/h3-8,13,15H,9-12H2,1-2H3. The summed E-state index contributed by atoms with van der Waals surface area (Å²) in [5, 5.41) is 8.25. The molecule has 1 saturated heterocycles. The molecule has 30 heavy (non-hydrogen) atoms. The number of likely N-dealkylation sites (tertiary alicyclic amines) is 1. The van der Waals surface area contributed by atoms with Crippen molar-refractivity contribution in [3.63, 3.8) is 0 Å². The van der Waals surface area contributed by atoms with Gasteiger partial charge in [-0.2, -0.15) is 0 Å². The van der Waals surface area contributed by atoms with E-state index in [2.05, 4.69) is 10.2 Å². The molecule has 0 atom stereocenters. The highest BCUT2D eigenvalue weighted by Crippen LogP contribution is 2.31. The fourth-order valence-corrected chi connectivity index (χ4v) is 3.58. The van der Waals surface area contributed by atoms with Gasteiger partial charge >= 0.3 is 0 Å². The number of nitrogens with zero attached hydrogens (tertiary/aromatic N) is 3. The van der Waals surface area contributed by atoms with E-state index in [0.29, 0.717) is 47.5 Å². The second-order valence-corrected chi connectivity index (χ2v) is 7.09. The average Bonchev–Trinajstić information content (AvgIpc) is 3.29. The lowest BCUT2D eigenvalue weighted by Crippen LogP contribution is -2.38. The second kappa shape index (κ2) is 8.52. The molecule has 0 unspecified atom stereocenters. The lowest BCUT2D eigenvalue weighted by Gasteiger charge is -2.30. The third-order valence-corrected chi connectivity index (χ3v) is 5.30. The van der Waals surface area contributed by atoms with Crippen LogP contribution in [-0.4, -0.2) is 48.3 Å². The molecule has 1 amide bonds. The van der Waals surface area contributed by atoms with Crippen molar-refractivity contribution in [2.45, 2.75) is 18.8 Å². The Bertz CT molecular complexity index is 1030. The summed E-state index contributed by atoms with van der Waals surface area (Å²) >= 11 is 0. The number of methoxy groups -OCH3 is 2. The van der Waals surface area contributed by atoms with Crippen molar-refractivity contribution in [1.82, 2.24) is 15.1 Å². The fraction of sp³-hybridized carbons (Fsp3) is 0.318. The van der Waals surface area contributed by atoms with E-state index in [1.54, 1.807) is 42.3 Å². The maximum Gasteiger partial charge on any atom is 0.257 e. The molecule has 0 spiro atoms. The first-order valence-corrected chi connectivity index (χ1v) is 9.69. The minimum atomic E-state index is -0.316. The van der Waals surface area contributed by atoms with Gasteiger partial charge in [0.25, 0.3) is 5.91 Å². The zero-order chi connectivity index (χ0) is 21.1. The molecule has 2 aromatic carbocycles. The number of ether oxygens (including phenoxy) is 2. The van der Waals surface area contributed by atoms with E-state index in [1.165, 1.54) is 19.2 Å². The van der Waals surface area contributed by atoms with Crippen molar-refractivity contribution < 1.29 is 23.1 Å². The number of carbonyl (C=O) groups is 1. The highest BCUT2D eigenvalue weighted by molar-refractivity contribution is 5.97. The largest absolute Gasteiger partial charge is 0.497 e. The molecular weight excluding hydrogens is 389 g/mol. The fourth-order valence-electron chi connectivity index (χ4n) is 3.58. The zero-order valence-corrected chi connectivity index (χ0v) is 16.8. The van der Waals surface area contributed by atoms with E-state index < -0.39 is 0 Å². The Morgan fingerprint density at radius 2 is 1.80 bits per heavy atom.